The Bertz CT molecular complexity index is 975. The zero-order valence-corrected chi connectivity index (χ0v) is 13.5. The normalized spacial score (nSPS) is 15.5. The molecule has 1 amide bonds. The molecule has 6 nitrogen and oxygen atoms in total. The van der Waals surface area contributed by atoms with Crippen molar-refractivity contribution in [3.8, 4) is 11.5 Å². The average Bonchev–Trinajstić information content (AvgIpc) is 3.24. The van der Waals surface area contributed by atoms with Crippen molar-refractivity contribution in [2.45, 2.75) is 25.2 Å². The van der Waals surface area contributed by atoms with Crippen LogP contribution in [0.5, 0.6) is 11.5 Å². The fourth-order valence-electron chi connectivity index (χ4n) is 3.22. The lowest BCUT2D eigenvalue weighted by Gasteiger charge is -2.04. The van der Waals surface area contributed by atoms with Gasteiger partial charge in [-0.25, -0.2) is 0 Å². The molecule has 2 aliphatic rings. The summed E-state index contributed by atoms with van der Waals surface area (Å²) in [7, 11) is 0. The third kappa shape index (κ3) is 2.69. The summed E-state index contributed by atoms with van der Waals surface area (Å²) < 4.78 is 10.6. The van der Waals surface area contributed by atoms with E-state index >= 15 is 0 Å². The maximum atomic E-state index is 12.4. The third-order valence-corrected chi connectivity index (χ3v) is 4.70. The van der Waals surface area contributed by atoms with Crippen LogP contribution in [0.4, 0.5) is 5.82 Å². The summed E-state index contributed by atoms with van der Waals surface area (Å²) in [5, 5.41) is 11.1. The molecule has 5 rings (SSSR count). The molecule has 1 aromatic heterocycles. The number of aromatic amines is 1. The Balaban J connectivity index is 1.32. The first kappa shape index (κ1) is 14.3. The van der Waals surface area contributed by atoms with Gasteiger partial charge in [0, 0.05) is 5.39 Å². The van der Waals surface area contributed by atoms with Crippen LogP contribution in [-0.2, 0) is 11.2 Å². The number of nitrogens with one attached hydrogen (secondary N) is 2. The quantitative estimate of drug-likeness (QED) is 0.766. The molecule has 0 spiro atoms. The number of benzene rings is 2. The number of nitrogens with zero attached hydrogens (tertiary/aromatic N) is 1. The predicted molar refractivity (Wildman–Crippen MR) is 93.0 cm³/mol. The average molecular weight is 335 g/mol. The smallest absolute Gasteiger partial charge is 0.231 e. The highest BCUT2D eigenvalue weighted by atomic mass is 16.7. The number of rotatable bonds is 4. The fourth-order valence-corrected chi connectivity index (χ4v) is 3.22. The molecule has 2 N–H and O–H groups in total. The van der Waals surface area contributed by atoms with Crippen LogP contribution < -0.4 is 14.8 Å². The first-order valence-electron chi connectivity index (χ1n) is 8.43. The van der Waals surface area contributed by atoms with Crippen LogP contribution in [0.1, 0.15) is 29.9 Å². The summed E-state index contributed by atoms with van der Waals surface area (Å²) in [4.78, 5) is 12.4. The molecule has 0 atom stereocenters. The zero-order chi connectivity index (χ0) is 16.8. The van der Waals surface area contributed by atoms with E-state index in [4.69, 9.17) is 9.47 Å². The van der Waals surface area contributed by atoms with Gasteiger partial charge < -0.3 is 14.8 Å². The van der Waals surface area contributed by atoms with Gasteiger partial charge in [0.25, 0.3) is 0 Å². The Morgan fingerprint density at radius 1 is 1.16 bits per heavy atom. The Morgan fingerprint density at radius 3 is 2.92 bits per heavy atom. The monoisotopic (exact) mass is 335 g/mol. The summed E-state index contributed by atoms with van der Waals surface area (Å²) in [5.41, 5.74) is 3.18. The van der Waals surface area contributed by atoms with E-state index < -0.39 is 0 Å². The van der Waals surface area contributed by atoms with Crippen LogP contribution in [0.2, 0.25) is 0 Å². The highest BCUT2D eigenvalue weighted by Gasteiger charge is 2.24. The van der Waals surface area contributed by atoms with Crippen molar-refractivity contribution >= 4 is 22.6 Å². The number of hydrogen-bond acceptors (Lipinski definition) is 4. The zero-order valence-electron chi connectivity index (χ0n) is 13.5. The number of aromatic nitrogens is 2. The Morgan fingerprint density at radius 2 is 2.04 bits per heavy atom. The molecule has 25 heavy (non-hydrogen) atoms. The Kier molecular flexibility index (Phi) is 3.16. The molecular formula is C19H17N3O3. The number of carbonyl (C=O) groups is 1. The van der Waals surface area contributed by atoms with Crippen molar-refractivity contribution in [1.29, 1.82) is 0 Å². The van der Waals surface area contributed by atoms with Gasteiger partial charge in [-0.1, -0.05) is 12.1 Å². The van der Waals surface area contributed by atoms with Crippen LogP contribution in [0.25, 0.3) is 10.9 Å². The lowest BCUT2D eigenvalue weighted by Crippen LogP contribution is -2.14. The second-order valence-electron chi connectivity index (χ2n) is 6.56. The van der Waals surface area contributed by atoms with Gasteiger partial charge in [-0.3, -0.25) is 9.89 Å². The standard InChI is InChI=1S/C19H17N3O3/c23-18(8-11-1-6-16-17(7-11)25-10-24-16)20-19-14-5-4-13(12-2-3-12)9-15(14)21-22-19/h1,4-7,9,12H,2-3,8,10H2,(H2,20,21,22,23). The summed E-state index contributed by atoms with van der Waals surface area (Å²) in [6, 6.07) is 11.8. The van der Waals surface area contributed by atoms with E-state index in [1.807, 2.05) is 24.3 Å². The first-order chi connectivity index (χ1) is 12.3. The highest BCUT2D eigenvalue weighted by Crippen LogP contribution is 2.41. The molecule has 6 heteroatoms. The molecule has 1 fully saturated rings. The summed E-state index contributed by atoms with van der Waals surface area (Å²) in [6.07, 6.45) is 2.78. The number of H-pyrrole nitrogens is 1. The molecule has 0 bridgehead atoms. The van der Waals surface area contributed by atoms with Gasteiger partial charge in [-0.2, -0.15) is 5.10 Å². The van der Waals surface area contributed by atoms with Crippen LogP contribution in [0, 0.1) is 0 Å². The van der Waals surface area contributed by atoms with Crippen LogP contribution in [0.15, 0.2) is 36.4 Å². The topological polar surface area (TPSA) is 76.2 Å². The molecular weight excluding hydrogens is 318 g/mol. The van der Waals surface area contributed by atoms with Gasteiger partial charge in [0.2, 0.25) is 12.7 Å². The number of hydrogen-bond donors (Lipinski definition) is 2. The summed E-state index contributed by atoms with van der Waals surface area (Å²) >= 11 is 0. The number of fused-ring (bicyclic) bond motifs is 2. The number of ether oxygens (including phenoxy) is 2. The van der Waals surface area contributed by atoms with Gasteiger partial charge in [-0.05, 0) is 54.2 Å². The highest BCUT2D eigenvalue weighted by molar-refractivity contribution is 6.00. The van der Waals surface area contributed by atoms with Gasteiger partial charge in [-0.15, -0.1) is 0 Å². The summed E-state index contributed by atoms with van der Waals surface area (Å²) in [6.45, 7) is 0.229. The molecule has 0 radical (unpaired) electrons. The molecule has 3 aromatic rings. The molecule has 2 aromatic carbocycles. The van der Waals surface area contributed by atoms with E-state index in [1.165, 1.54) is 18.4 Å². The van der Waals surface area contributed by atoms with Crippen molar-refractivity contribution in [2.24, 2.45) is 0 Å². The van der Waals surface area contributed by atoms with Crippen molar-refractivity contribution in [2.75, 3.05) is 12.1 Å². The first-order valence-corrected chi connectivity index (χ1v) is 8.43. The van der Waals surface area contributed by atoms with Crippen LogP contribution in [0.3, 0.4) is 0 Å². The van der Waals surface area contributed by atoms with Gasteiger partial charge in [0.15, 0.2) is 17.3 Å². The maximum absolute atomic E-state index is 12.4. The molecule has 1 saturated carbocycles. The molecule has 0 unspecified atom stereocenters. The minimum atomic E-state index is -0.112. The third-order valence-electron chi connectivity index (χ3n) is 4.70. The number of amides is 1. The molecule has 1 aliphatic carbocycles. The predicted octanol–water partition coefficient (Wildman–Crippen LogP) is 3.35. The summed E-state index contributed by atoms with van der Waals surface area (Å²) in [5.74, 6) is 2.55. The lowest BCUT2D eigenvalue weighted by molar-refractivity contribution is -0.115. The Labute approximate surface area is 144 Å². The minimum Gasteiger partial charge on any atom is -0.454 e. The SMILES string of the molecule is O=C(Cc1ccc2c(c1)OCO2)Nc1n[nH]c2cc(C3CC3)ccc12. The lowest BCUT2D eigenvalue weighted by atomic mass is 10.1. The van der Waals surface area contributed by atoms with Crippen molar-refractivity contribution in [3.63, 3.8) is 0 Å². The Hall–Kier alpha value is -3.02. The van der Waals surface area contributed by atoms with Crippen LogP contribution in [-0.4, -0.2) is 22.9 Å². The van der Waals surface area contributed by atoms with Crippen molar-refractivity contribution < 1.29 is 14.3 Å². The van der Waals surface area contributed by atoms with E-state index in [2.05, 4.69) is 27.6 Å². The van der Waals surface area contributed by atoms with E-state index in [0.717, 1.165) is 16.5 Å². The molecule has 0 saturated heterocycles. The van der Waals surface area contributed by atoms with Gasteiger partial charge in [0.1, 0.15) is 0 Å². The van der Waals surface area contributed by atoms with Crippen molar-refractivity contribution in [3.05, 3.63) is 47.5 Å². The molecule has 2 heterocycles. The second-order valence-corrected chi connectivity index (χ2v) is 6.56. The molecule has 1 aliphatic heterocycles. The maximum Gasteiger partial charge on any atom is 0.231 e. The second kappa shape index (κ2) is 5.51. The van der Waals surface area contributed by atoms with Gasteiger partial charge >= 0.3 is 0 Å². The number of carbonyl (C=O) groups excluding carboxylic acids is 1. The van der Waals surface area contributed by atoms with E-state index in [0.29, 0.717) is 23.2 Å². The van der Waals surface area contributed by atoms with E-state index in [9.17, 15) is 4.79 Å². The largest absolute Gasteiger partial charge is 0.454 e. The fraction of sp³-hybridized carbons (Fsp3) is 0.263. The number of anilines is 1. The molecule has 126 valence electrons. The van der Waals surface area contributed by atoms with E-state index in [1.54, 1.807) is 0 Å². The van der Waals surface area contributed by atoms with Crippen LogP contribution >= 0.6 is 0 Å². The van der Waals surface area contributed by atoms with Crippen molar-refractivity contribution in [1.82, 2.24) is 10.2 Å². The van der Waals surface area contributed by atoms with Gasteiger partial charge in [0.05, 0.1) is 11.9 Å². The minimum absolute atomic E-state index is 0.112. The van der Waals surface area contributed by atoms with E-state index in [-0.39, 0.29) is 19.1 Å².